The van der Waals surface area contributed by atoms with Gasteiger partial charge in [-0.2, -0.15) is 11.8 Å². The van der Waals surface area contributed by atoms with Crippen LogP contribution < -0.4 is 59.1 Å². The minimum absolute atomic E-state index is 0. The molecule has 0 rings (SSSR count). The number of aliphatic carboxylic acids is 1. The van der Waals surface area contributed by atoms with Crippen molar-refractivity contribution in [3.8, 4) is 0 Å². The fourth-order valence-electron chi connectivity index (χ4n) is 1.06. The number of rotatable bonds is 8. The molecule has 0 aliphatic heterocycles. The average molecular weight is 356 g/mol. The summed E-state index contributed by atoms with van der Waals surface area (Å²) in [7, 11) is -9.71. The van der Waals surface area contributed by atoms with Crippen molar-refractivity contribution in [1.82, 2.24) is 0 Å². The van der Waals surface area contributed by atoms with Gasteiger partial charge in [0.1, 0.15) is 0 Å². The van der Waals surface area contributed by atoms with Crippen LogP contribution in [0.4, 0.5) is 0 Å². The van der Waals surface area contributed by atoms with Crippen molar-refractivity contribution in [2.45, 2.75) is 18.2 Å². The third kappa shape index (κ3) is 13.5. The summed E-state index contributed by atoms with van der Waals surface area (Å²) in [5.41, 5.74) is 0. The largest absolute Gasteiger partial charge is 1.00 e. The molecular weight excluding hydrogens is 340 g/mol. The van der Waals surface area contributed by atoms with Crippen molar-refractivity contribution < 1.29 is 101 Å². The second-order valence-electron chi connectivity index (χ2n) is 3.25. The standard InChI is InChI=1S/C6H14O8P2S.2Na.2H/c7-5(8)4-17-3-1-2-6(15(9,10)11)16(12,13)14;;;;/h6H,1-4H2,(H,7,8)(H2,9,10,11)(H2,12,13,14);;;;/q;2*+1;2*-1. The van der Waals surface area contributed by atoms with Crippen LogP contribution in [0.1, 0.15) is 15.7 Å². The summed E-state index contributed by atoms with van der Waals surface area (Å²) in [4.78, 5) is 45.2. The van der Waals surface area contributed by atoms with Crippen molar-refractivity contribution in [3.05, 3.63) is 0 Å². The third-order valence-electron chi connectivity index (χ3n) is 1.75. The van der Waals surface area contributed by atoms with E-state index in [0.717, 1.165) is 11.8 Å². The molecule has 0 spiro atoms. The maximum atomic E-state index is 10.9. The van der Waals surface area contributed by atoms with Gasteiger partial charge in [0.2, 0.25) is 0 Å². The number of carboxylic acid groups (broad SMARTS) is 1. The van der Waals surface area contributed by atoms with E-state index in [9.17, 15) is 13.9 Å². The Balaban J connectivity index is -0.000000213. The van der Waals surface area contributed by atoms with Gasteiger partial charge < -0.3 is 27.5 Å². The van der Waals surface area contributed by atoms with Gasteiger partial charge in [-0.15, -0.1) is 0 Å². The van der Waals surface area contributed by atoms with Crippen molar-refractivity contribution >= 4 is 32.9 Å². The molecule has 8 nitrogen and oxygen atoms in total. The van der Waals surface area contributed by atoms with Gasteiger partial charge in [0.05, 0.1) is 5.75 Å². The minimum atomic E-state index is -4.85. The van der Waals surface area contributed by atoms with Crippen LogP contribution in [0.3, 0.4) is 0 Å². The van der Waals surface area contributed by atoms with Crippen LogP contribution in [-0.2, 0) is 13.9 Å². The second kappa shape index (κ2) is 11.7. The van der Waals surface area contributed by atoms with E-state index in [1.807, 2.05) is 0 Å². The van der Waals surface area contributed by atoms with Gasteiger partial charge in [-0.1, -0.05) is 0 Å². The number of hydrogen-bond acceptors (Lipinski definition) is 4. The van der Waals surface area contributed by atoms with Gasteiger partial charge in [0.15, 0.2) is 5.40 Å². The van der Waals surface area contributed by atoms with Gasteiger partial charge in [0, 0.05) is 0 Å². The molecule has 0 radical (unpaired) electrons. The summed E-state index contributed by atoms with van der Waals surface area (Å²) in [6.07, 6.45) is -0.222. The van der Waals surface area contributed by atoms with Gasteiger partial charge in [-0.05, 0) is 18.6 Å². The fraction of sp³-hybridized carbons (Fsp3) is 0.833. The molecule has 0 fully saturated rings. The van der Waals surface area contributed by atoms with E-state index in [1.165, 1.54) is 0 Å². The Morgan fingerprint density at radius 2 is 1.53 bits per heavy atom. The average Bonchev–Trinajstić information content (AvgIpc) is 2.05. The molecule has 106 valence electrons. The molecule has 0 amide bonds. The maximum absolute atomic E-state index is 10.9. The molecule has 0 aromatic carbocycles. The van der Waals surface area contributed by atoms with E-state index in [4.69, 9.17) is 24.7 Å². The van der Waals surface area contributed by atoms with Gasteiger partial charge in [0.25, 0.3) is 0 Å². The molecule has 0 aromatic heterocycles. The van der Waals surface area contributed by atoms with Crippen LogP contribution in [0.2, 0.25) is 0 Å². The van der Waals surface area contributed by atoms with Crippen LogP contribution in [0.25, 0.3) is 0 Å². The summed E-state index contributed by atoms with van der Waals surface area (Å²) in [6.45, 7) is 0. The van der Waals surface area contributed by atoms with Crippen LogP contribution in [0, 0.1) is 0 Å². The Bertz CT molecular complexity index is 343. The summed E-state index contributed by atoms with van der Waals surface area (Å²) < 4.78 is 21.7. The van der Waals surface area contributed by atoms with Crippen LogP contribution >= 0.6 is 27.0 Å². The summed E-state index contributed by atoms with van der Waals surface area (Å²) in [6, 6.07) is 0. The summed E-state index contributed by atoms with van der Waals surface area (Å²) >= 11 is 1.02. The fourth-order valence-corrected chi connectivity index (χ4v) is 4.35. The summed E-state index contributed by atoms with van der Waals surface area (Å²) in [5, 5.41) is 6.31. The molecule has 13 heteroatoms. The van der Waals surface area contributed by atoms with E-state index in [2.05, 4.69) is 0 Å². The third-order valence-corrected chi connectivity index (χ3v) is 6.66. The van der Waals surface area contributed by atoms with E-state index < -0.39 is 26.6 Å². The van der Waals surface area contributed by atoms with Crippen molar-refractivity contribution in [3.63, 3.8) is 0 Å². The van der Waals surface area contributed by atoms with Crippen LogP contribution in [0.5, 0.6) is 0 Å². The normalized spacial score (nSPS) is 11.6. The van der Waals surface area contributed by atoms with Gasteiger partial charge >= 0.3 is 80.3 Å². The first-order valence-corrected chi connectivity index (χ1v) is 8.97. The van der Waals surface area contributed by atoms with E-state index in [-0.39, 0.29) is 86.3 Å². The van der Waals surface area contributed by atoms with Crippen molar-refractivity contribution in [2.24, 2.45) is 0 Å². The first-order chi connectivity index (χ1) is 7.55. The Labute approximate surface area is 162 Å². The quantitative estimate of drug-likeness (QED) is 0.163. The molecular formula is C6H16Na2O8P2S. The number of thioether (sulfide) groups is 1. The molecule has 5 N–H and O–H groups in total. The molecule has 0 saturated carbocycles. The molecule has 0 saturated heterocycles. The van der Waals surface area contributed by atoms with Crippen LogP contribution in [0.15, 0.2) is 0 Å². The minimum Gasteiger partial charge on any atom is -1.00 e. The smallest absolute Gasteiger partial charge is 1.00 e. The Kier molecular flexibility index (Phi) is 16.0. The first-order valence-electron chi connectivity index (χ1n) is 4.45. The first kappa shape index (κ1) is 26.0. The zero-order valence-corrected chi connectivity index (χ0v) is 17.3. The zero-order chi connectivity index (χ0) is 13.7. The number of carbonyl (C=O) groups is 1. The number of hydrogen-bond donors (Lipinski definition) is 5. The predicted molar refractivity (Wildman–Crippen MR) is 64.3 cm³/mol. The molecule has 19 heavy (non-hydrogen) atoms. The maximum Gasteiger partial charge on any atom is 1.00 e. The Morgan fingerprint density at radius 3 is 1.84 bits per heavy atom. The molecule has 0 aromatic rings. The molecule has 0 atom stereocenters. The monoisotopic (exact) mass is 356 g/mol. The van der Waals surface area contributed by atoms with Gasteiger partial charge in [-0.25, -0.2) is 0 Å². The molecule has 0 bridgehead atoms. The summed E-state index contributed by atoms with van der Waals surface area (Å²) in [5.74, 6) is -0.907. The molecule has 0 aliphatic rings. The topological polar surface area (TPSA) is 152 Å². The Hall–Kier alpha value is 2.12. The van der Waals surface area contributed by atoms with Crippen molar-refractivity contribution in [2.75, 3.05) is 11.5 Å². The molecule has 0 aliphatic carbocycles. The zero-order valence-electron chi connectivity index (χ0n) is 12.7. The van der Waals surface area contributed by atoms with E-state index in [1.54, 1.807) is 0 Å². The number of carboxylic acids is 1. The molecule has 0 unspecified atom stereocenters. The van der Waals surface area contributed by atoms with E-state index in [0.29, 0.717) is 0 Å². The second-order valence-corrected chi connectivity index (χ2v) is 8.36. The SMILES string of the molecule is O=C(O)CSCCCC(P(=O)(O)O)P(=O)(O)O.[H-].[H-].[Na+].[Na+]. The Morgan fingerprint density at radius 1 is 1.11 bits per heavy atom. The van der Waals surface area contributed by atoms with Gasteiger partial charge in [-0.3, -0.25) is 13.9 Å². The molecule has 0 heterocycles. The van der Waals surface area contributed by atoms with E-state index >= 15 is 0 Å². The predicted octanol–water partition coefficient (Wildman–Crippen LogP) is -5.50. The van der Waals surface area contributed by atoms with Crippen LogP contribution in [-0.4, -0.2) is 47.6 Å². The van der Waals surface area contributed by atoms with Crippen molar-refractivity contribution in [1.29, 1.82) is 0 Å².